The van der Waals surface area contributed by atoms with Crippen LogP contribution in [0.1, 0.15) is 22.8 Å². The summed E-state index contributed by atoms with van der Waals surface area (Å²) in [6, 6.07) is 27.7. The number of anilines is 1. The molecule has 0 fully saturated rings. The van der Waals surface area contributed by atoms with Crippen molar-refractivity contribution in [3.63, 3.8) is 0 Å². The first-order valence-electron chi connectivity index (χ1n) is 11.4. The molecule has 0 saturated carbocycles. The molecule has 0 aliphatic rings. The molecule has 7 nitrogen and oxygen atoms in total. The minimum atomic E-state index is -0.565. The number of primary amides is 1. The Morgan fingerprint density at radius 3 is 2.27 bits per heavy atom. The molecular weight excluding hydrogens is 484 g/mol. The average molecular weight is 509 g/mol. The number of ether oxygens (including phenoxy) is 1. The Hall–Kier alpha value is -4.61. The van der Waals surface area contributed by atoms with Gasteiger partial charge in [-0.3, -0.25) is 9.59 Å². The lowest BCUT2D eigenvalue weighted by molar-refractivity contribution is -0.115. The Labute approximate surface area is 219 Å². The second-order valence-corrected chi connectivity index (χ2v) is 9.46. The fraction of sp³-hybridized carbons (Fsp3) is 0.103. The number of rotatable bonds is 8. The summed E-state index contributed by atoms with van der Waals surface area (Å²) in [4.78, 5) is 29.0. The zero-order chi connectivity index (χ0) is 26.4. The molecule has 2 amide bonds. The average Bonchev–Trinajstić information content (AvgIpc) is 2.93. The van der Waals surface area contributed by atoms with Crippen molar-refractivity contribution in [1.82, 2.24) is 4.98 Å². The summed E-state index contributed by atoms with van der Waals surface area (Å²) < 4.78 is 5.28. The van der Waals surface area contributed by atoms with Crippen molar-refractivity contribution in [3.05, 3.63) is 96.1 Å². The molecule has 1 unspecified atom stereocenters. The predicted octanol–water partition coefficient (Wildman–Crippen LogP) is 5.51. The summed E-state index contributed by atoms with van der Waals surface area (Å²) in [6.07, 6.45) is 0. The third-order valence-corrected chi connectivity index (χ3v) is 6.75. The van der Waals surface area contributed by atoms with Crippen LogP contribution in [0.3, 0.4) is 0 Å². The summed E-state index contributed by atoms with van der Waals surface area (Å²) in [7, 11) is 1.60. The van der Waals surface area contributed by atoms with Crippen molar-refractivity contribution in [2.24, 2.45) is 5.73 Å². The lowest BCUT2D eigenvalue weighted by Gasteiger charge is -2.16. The smallest absolute Gasteiger partial charge is 0.248 e. The molecule has 37 heavy (non-hydrogen) atoms. The van der Waals surface area contributed by atoms with Gasteiger partial charge in [0.1, 0.15) is 16.8 Å². The number of methoxy groups -OCH3 is 1. The molecule has 1 atom stereocenters. The maximum atomic E-state index is 13.0. The molecule has 1 heterocycles. The van der Waals surface area contributed by atoms with E-state index in [0.29, 0.717) is 33.3 Å². The number of benzene rings is 3. The third kappa shape index (κ3) is 5.97. The number of pyridine rings is 1. The number of aromatic nitrogens is 1. The van der Waals surface area contributed by atoms with Crippen LogP contribution in [0.2, 0.25) is 0 Å². The van der Waals surface area contributed by atoms with Crippen molar-refractivity contribution in [1.29, 1.82) is 5.26 Å². The number of carbonyl (C=O) groups excluding carboxylic acids is 2. The van der Waals surface area contributed by atoms with Crippen LogP contribution >= 0.6 is 11.8 Å². The molecule has 0 aliphatic carbocycles. The summed E-state index contributed by atoms with van der Waals surface area (Å²) in [5, 5.41) is 12.8. The highest BCUT2D eigenvalue weighted by molar-refractivity contribution is 8.00. The lowest BCUT2D eigenvalue weighted by Crippen LogP contribution is -2.22. The highest BCUT2D eigenvalue weighted by Gasteiger charge is 2.21. The SMILES string of the molecule is COc1ccc(-c2cc(-c3ccccc3)nc(SC(C)C(=O)Nc3ccc(C(N)=O)cc3)c2C#N)cc1. The first-order chi connectivity index (χ1) is 17.9. The standard InChI is InChI=1S/C29H24N4O3S/c1-18(28(35)32-22-12-8-21(9-13-22)27(31)34)37-29-25(17-30)24(19-10-14-23(36-2)15-11-19)16-26(33-29)20-6-4-3-5-7-20/h3-16,18H,1-2H3,(H2,31,34)(H,32,35). The van der Waals surface area contributed by atoms with Crippen LogP contribution in [0, 0.1) is 11.3 Å². The monoisotopic (exact) mass is 508 g/mol. The number of nitrogens with zero attached hydrogens (tertiary/aromatic N) is 2. The Balaban J connectivity index is 1.68. The number of nitrogens with one attached hydrogen (secondary N) is 1. The van der Waals surface area contributed by atoms with Crippen LogP contribution < -0.4 is 15.8 Å². The van der Waals surface area contributed by atoms with Gasteiger partial charge >= 0.3 is 0 Å². The van der Waals surface area contributed by atoms with Gasteiger partial charge in [0.05, 0.1) is 23.6 Å². The van der Waals surface area contributed by atoms with E-state index in [0.717, 1.165) is 16.7 Å². The Kier molecular flexibility index (Phi) is 7.86. The van der Waals surface area contributed by atoms with Crippen molar-refractivity contribution < 1.29 is 14.3 Å². The van der Waals surface area contributed by atoms with Crippen molar-refractivity contribution in [2.75, 3.05) is 12.4 Å². The minimum absolute atomic E-state index is 0.265. The van der Waals surface area contributed by atoms with E-state index >= 15 is 0 Å². The molecule has 1 aromatic heterocycles. The van der Waals surface area contributed by atoms with Gasteiger partial charge in [-0.15, -0.1) is 0 Å². The molecule has 0 spiro atoms. The third-order valence-electron chi connectivity index (χ3n) is 5.66. The minimum Gasteiger partial charge on any atom is -0.497 e. The highest BCUT2D eigenvalue weighted by atomic mass is 32.2. The molecule has 3 N–H and O–H groups in total. The van der Waals surface area contributed by atoms with Gasteiger partial charge in [-0.1, -0.05) is 54.2 Å². The Morgan fingerprint density at radius 1 is 1.00 bits per heavy atom. The molecule has 8 heteroatoms. The highest BCUT2D eigenvalue weighted by Crippen LogP contribution is 2.36. The zero-order valence-electron chi connectivity index (χ0n) is 20.3. The van der Waals surface area contributed by atoms with Crippen LogP contribution in [0.4, 0.5) is 5.69 Å². The normalized spacial score (nSPS) is 11.3. The van der Waals surface area contributed by atoms with E-state index in [1.54, 1.807) is 38.3 Å². The summed E-state index contributed by atoms with van der Waals surface area (Å²) in [5.41, 5.74) is 9.71. The number of thioether (sulfide) groups is 1. The fourth-order valence-electron chi connectivity index (χ4n) is 3.65. The number of amides is 2. The Morgan fingerprint density at radius 2 is 1.68 bits per heavy atom. The first kappa shape index (κ1) is 25.5. The van der Waals surface area contributed by atoms with Crippen LogP contribution in [0.15, 0.2) is 90.0 Å². The van der Waals surface area contributed by atoms with E-state index in [9.17, 15) is 14.9 Å². The molecule has 3 aromatic carbocycles. The predicted molar refractivity (Wildman–Crippen MR) is 145 cm³/mol. The largest absolute Gasteiger partial charge is 0.497 e. The van der Waals surface area contributed by atoms with Crippen molar-refractivity contribution in [3.8, 4) is 34.2 Å². The maximum absolute atomic E-state index is 13.0. The molecule has 184 valence electrons. The number of nitrogens with two attached hydrogens (primary N) is 1. The summed E-state index contributed by atoms with van der Waals surface area (Å²) in [5.74, 6) is -0.0927. The van der Waals surface area contributed by atoms with Crippen LogP contribution in [0.25, 0.3) is 22.4 Å². The number of hydrogen-bond acceptors (Lipinski definition) is 6. The van der Waals surface area contributed by atoms with Gasteiger partial charge < -0.3 is 15.8 Å². The van der Waals surface area contributed by atoms with Gasteiger partial charge in [0, 0.05) is 22.4 Å². The number of nitriles is 1. The second-order valence-electron chi connectivity index (χ2n) is 8.13. The second kappa shape index (κ2) is 11.4. The van der Waals surface area contributed by atoms with Crippen molar-refractivity contribution >= 4 is 29.3 Å². The summed E-state index contributed by atoms with van der Waals surface area (Å²) >= 11 is 1.21. The van der Waals surface area contributed by atoms with Crippen LogP contribution in [-0.2, 0) is 4.79 Å². The maximum Gasteiger partial charge on any atom is 0.248 e. The van der Waals surface area contributed by atoms with E-state index in [-0.39, 0.29) is 5.91 Å². The molecule has 4 aromatic rings. The fourth-order valence-corrected chi connectivity index (χ4v) is 4.58. The van der Waals surface area contributed by atoms with Gasteiger partial charge in [0.15, 0.2) is 0 Å². The Bertz CT molecular complexity index is 1460. The van der Waals surface area contributed by atoms with E-state index in [4.69, 9.17) is 15.5 Å². The molecule has 0 radical (unpaired) electrons. The van der Waals surface area contributed by atoms with Gasteiger partial charge in [0.2, 0.25) is 11.8 Å². The van der Waals surface area contributed by atoms with Gasteiger partial charge in [0.25, 0.3) is 0 Å². The van der Waals surface area contributed by atoms with E-state index in [2.05, 4.69) is 11.4 Å². The van der Waals surface area contributed by atoms with Crippen LogP contribution in [0.5, 0.6) is 5.75 Å². The molecule has 0 bridgehead atoms. The first-order valence-corrected chi connectivity index (χ1v) is 12.3. The van der Waals surface area contributed by atoms with E-state index in [1.165, 1.54) is 11.8 Å². The van der Waals surface area contributed by atoms with Gasteiger partial charge in [-0.05, 0) is 55.0 Å². The number of carbonyl (C=O) groups is 2. The van der Waals surface area contributed by atoms with Gasteiger partial charge in [-0.25, -0.2) is 4.98 Å². The summed E-state index contributed by atoms with van der Waals surface area (Å²) in [6.45, 7) is 1.75. The zero-order valence-corrected chi connectivity index (χ0v) is 21.1. The van der Waals surface area contributed by atoms with E-state index < -0.39 is 11.2 Å². The van der Waals surface area contributed by atoms with E-state index in [1.807, 2.05) is 60.7 Å². The number of hydrogen-bond donors (Lipinski definition) is 2. The van der Waals surface area contributed by atoms with Crippen LogP contribution in [-0.4, -0.2) is 29.2 Å². The quantitative estimate of drug-likeness (QED) is 0.303. The molecule has 0 aliphatic heterocycles. The molecule has 0 saturated heterocycles. The van der Waals surface area contributed by atoms with Gasteiger partial charge in [-0.2, -0.15) is 5.26 Å². The molecular formula is C29H24N4O3S. The lowest BCUT2D eigenvalue weighted by atomic mass is 9.99. The van der Waals surface area contributed by atoms with Crippen molar-refractivity contribution in [2.45, 2.75) is 17.2 Å². The topological polar surface area (TPSA) is 118 Å². The molecule has 4 rings (SSSR count).